The summed E-state index contributed by atoms with van der Waals surface area (Å²) in [7, 11) is 0. The van der Waals surface area contributed by atoms with Crippen molar-refractivity contribution in [3.63, 3.8) is 0 Å². The van der Waals surface area contributed by atoms with Gasteiger partial charge in [0.15, 0.2) is 11.6 Å². The second kappa shape index (κ2) is 10.3. The molecule has 0 N–H and O–H groups in total. The van der Waals surface area contributed by atoms with Crippen LogP contribution in [0.1, 0.15) is 60.4 Å². The molecule has 0 bridgehead atoms. The van der Waals surface area contributed by atoms with Crippen molar-refractivity contribution in [1.29, 1.82) is 0 Å². The van der Waals surface area contributed by atoms with E-state index in [4.69, 9.17) is 0 Å². The van der Waals surface area contributed by atoms with Crippen molar-refractivity contribution < 1.29 is 13.2 Å². The molecule has 1 nitrogen and oxygen atoms in total. The van der Waals surface area contributed by atoms with Gasteiger partial charge < -0.3 is 0 Å². The zero-order valence-corrected chi connectivity index (χ0v) is 18.3. The summed E-state index contributed by atoms with van der Waals surface area (Å²) >= 11 is 0. The number of nitrogens with zero attached hydrogens (tertiary/aromatic N) is 1. The predicted octanol–water partition coefficient (Wildman–Crippen LogP) is 6.79. The summed E-state index contributed by atoms with van der Waals surface area (Å²) in [6.45, 7) is 8.11. The van der Waals surface area contributed by atoms with Crippen molar-refractivity contribution in [2.24, 2.45) is 0 Å². The third-order valence-corrected chi connectivity index (χ3v) is 6.19. The number of hydrogen-bond acceptors (Lipinski definition) is 1. The molecule has 0 saturated carbocycles. The molecule has 4 heteroatoms. The smallest absolute Gasteiger partial charge is 0.164 e. The number of benzene rings is 2. The summed E-state index contributed by atoms with van der Waals surface area (Å²) in [6, 6.07) is 7.79. The molecule has 0 aromatic heterocycles. The number of aryl methyl sites for hydroxylation is 2. The summed E-state index contributed by atoms with van der Waals surface area (Å²) in [5.41, 5.74) is 4.86. The molecular weight excluding hydrogens is 383 g/mol. The molecule has 0 fully saturated rings. The Morgan fingerprint density at radius 3 is 2.43 bits per heavy atom. The molecule has 0 amide bonds. The van der Waals surface area contributed by atoms with E-state index in [0.717, 1.165) is 37.6 Å². The number of halogens is 3. The topological polar surface area (TPSA) is 3.24 Å². The Hall–Kier alpha value is -2.07. The van der Waals surface area contributed by atoms with Gasteiger partial charge in [0, 0.05) is 30.8 Å². The molecule has 2 aromatic rings. The largest absolute Gasteiger partial charge is 0.299 e. The predicted molar refractivity (Wildman–Crippen MR) is 118 cm³/mol. The summed E-state index contributed by atoms with van der Waals surface area (Å²) in [6.07, 6.45) is 8.47. The van der Waals surface area contributed by atoms with Crippen LogP contribution < -0.4 is 0 Å². The van der Waals surface area contributed by atoms with Crippen LogP contribution in [-0.4, -0.2) is 24.5 Å². The lowest BCUT2D eigenvalue weighted by Crippen LogP contribution is -2.30. The van der Waals surface area contributed by atoms with Crippen LogP contribution in [0.15, 0.2) is 30.3 Å². The van der Waals surface area contributed by atoms with Crippen molar-refractivity contribution in [2.45, 2.75) is 59.3 Å². The minimum Gasteiger partial charge on any atom is -0.299 e. The normalized spacial score (nSPS) is 14.8. The molecule has 0 saturated heterocycles. The van der Waals surface area contributed by atoms with Gasteiger partial charge in [-0.3, -0.25) is 4.90 Å². The first-order valence-corrected chi connectivity index (χ1v) is 11.0. The fraction of sp³-hybridized carbons (Fsp3) is 0.462. The molecule has 0 radical (unpaired) electrons. The Bertz CT molecular complexity index is 917. The van der Waals surface area contributed by atoms with E-state index in [1.54, 1.807) is 0 Å². The number of unbranched alkanes of at least 4 members (excludes halogenated alkanes) is 2. The van der Waals surface area contributed by atoms with E-state index in [2.05, 4.69) is 36.9 Å². The van der Waals surface area contributed by atoms with Gasteiger partial charge in [0.1, 0.15) is 5.82 Å². The molecule has 2 aromatic carbocycles. The Kier molecular flexibility index (Phi) is 7.76. The van der Waals surface area contributed by atoms with Crippen LogP contribution in [0.4, 0.5) is 13.2 Å². The molecule has 1 aliphatic rings. The van der Waals surface area contributed by atoms with E-state index in [-0.39, 0.29) is 11.1 Å². The third kappa shape index (κ3) is 5.34. The standard InChI is InChI=1S/C26H32F3N/c1-4-5-6-7-21-9-8-20(16-18(21)2)10-13-30-14-11-22(12-15-30)23-17-24(27)26(29)19(3)25(23)28/h8-9,11,16-17H,4-7,10,12-15H2,1-3H3. The highest BCUT2D eigenvalue weighted by molar-refractivity contribution is 5.68. The van der Waals surface area contributed by atoms with Gasteiger partial charge in [0.25, 0.3) is 0 Å². The molecule has 1 heterocycles. The summed E-state index contributed by atoms with van der Waals surface area (Å²) in [5.74, 6) is -2.73. The highest BCUT2D eigenvalue weighted by atomic mass is 19.2. The fourth-order valence-electron chi connectivity index (χ4n) is 4.17. The first kappa shape index (κ1) is 22.6. The van der Waals surface area contributed by atoms with Crippen molar-refractivity contribution in [2.75, 3.05) is 19.6 Å². The van der Waals surface area contributed by atoms with Crippen LogP contribution in [-0.2, 0) is 12.8 Å². The van der Waals surface area contributed by atoms with Crippen molar-refractivity contribution in [1.82, 2.24) is 4.90 Å². The van der Waals surface area contributed by atoms with Crippen LogP contribution in [0.3, 0.4) is 0 Å². The van der Waals surface area contributed by atoms with Gasteiger partial charge in [-0.05, 0) is 67.9 Å². The molecule has 0 aliphatic carbocycles. The van der Waals surface area contributed by atoms with Crippen LogP contribution >= 0.6 is 0 Å². The van der Waals surface area contributed by atoms with Crippen LogP contribution in [0.5, 0.6) is 0 Å². The van der Waals surface area contributed by atoms with Gasteiger partial charge in [-0.1, -0.05) is 44.0 Å². The van der Waals surface area contributed by atoms with Gasteiger partial charge in [0.2, 0.25) is 0 Å². The third-order valence-electron chi connectivity index (χ3n) is 6.19. The van der Waals surface area contributed by atoms with E-state index in [1.807, 2.05) is 6.08 Å². The quantitative estimate of drug-likeness (QED) is 0.339. The van der Waals surface area contributed by atoms with Crippen LogP contribution in [0, 0.1) is 31.3 Å². The molecule has 0 unspecified atom stereocenters. The molecular formula is C26H32F3N. The Labute approximate surface area is 178 Å². The van der Waals surface area contributed by atoms with E-state index < -0.39 is 17.5 Å². The van der Waals surface area contributed by atoms with Crippen molar-refractivity contribution in [3.05, 3.63) is 75.6 Å². The molecule has 3 rings (SSSR count). The molecule has 1 aliphatic heterocycles. The van der Waals surface area contributed by atoms with E-state index in [1.165, 1.54) is 42.9 Å². The SMILES string of the molecule is CCCCCc1ccc(CCN2CC=C(c3cc(F)c(F)c(C)c3F)CC2)cc1C. The Morgan fingerprint density at radius 1 is 0.967 bits per heavy atom. The molecule has 30 heavy (non-hydrogen) atoms. The lowest BCUT2D eigenvalue weighted by molar-refractivity contribution is 0.305. The maximum Gasteiger partial charge on any atom is 0.164 e. The Morgan fingerprint density at radius 2 is 1.77 bits per heavy atom. The van der Waals surface area contributed by atoms with Gasteiger partial charge in [0.05, 0.1) is 0 Å². The van der Waals surface area contributed by atoms with Crippen LogP contribution in [0.2, 0.25) is 0 Å². The van der Waals surface area contributed by atoms with Gasteiger partial charge in [-0.15, -0.1) is 0 Å². The average molecular weight is 416 g/mol. The van der Waals surface area contributed by atoms with E-state index in [0.29, 0.717) is 13.0 Å². The average Bonchev–Trinajstić information content (AvgIpc) is 2.75. The maximum absolute atomic E-state index is 14.4. The second-order valence-corrected chi connectivity index (χ2v) is 8.41. The minimum absolute atomic E-state index is 0.195. The fourth-order valence-corrected chi connectivity index (χ4v) is 4.17. The van der Waals surface area contributed by atoms with E-state index in [9.17, 15) is 13.2 Å². The highest BCUT2D eigenvalue weighted by Gasteiger charge is 2.20. The highest BCUT2D eigenvalue weighted by Crippen LogP contribution is 2.29. The van der Waals surface area contributed by atoms with E-state index >= 15 is 0 Å². The van der Waals surface area contributed by atoms with Gasteiger partial charge in [-0.25, -0.2) is 13.2 Å². The van der Waals surface area contributed by atoms with Crippen molar-refractivity contribution >= 4 is 5.57 Å². The zero-order valence-electron chi connectivity index (χ0n) is 18.3. The summed E-state index contributed by atoms with van der Waals surface area (Å²) in [5, 5.41) is 0. The Balaban J connectivity index is 1.57. The first-order chi connectivity index (χ1) is 14.4. The van der Waals surface area contributed by atoms with Crippen LogP contribution in [0.25, 0.3) is 5.57 Å². The first-order valence-electron chi connectivity index (χ1n) is 11.0. The monoisotopic (exact) mass is 415 g/mol. The second-order valence-electron chi connectivity index (χ2n) is 8.41. The molecule has 0 spiro atoms. The molecule has 162 valence electrons. The number of rotatable bonds is 8. The zero-order chi connectivity index (χ0) is 21.7. The summed E-state index contributed by atoms with van der Waals surface area (Å²) in [4.78, 5) is 2.32. The lowest BCUT2D eigenvalue weighted by Gasteiger charge is -2.27. The number of hydrogen-bond donors (Lipinski definition) is 0. The molecule has 0 atom stereocenters. The lowest BCUT2D eigenvalue weighted by atomic mass is 9.96. The summed E-state index contributed by atoms with van der Waals surface area (Å²) < 4.78 is 41.7. The van der Waals surface area contributed by atoms with Gasteiger partial charge in [-0.2, -0.15) is 0 Å². The van der Waals surface area contributed by atoms with Crippen molar-refractivity contribution in [3.8, 4) is 0 Å². The van der Waals surface area contributed by atoms with Gasteiger partial charge >= 0.3 is 0 Å². The minimum atomic E-state index is -1.10. The maximum atomic E-state index is 14.4.